The maximum absolute atomic E-state index is 2.51. The topological polar surface area (TPSA) is 0 Å². The first kappa shape index (κ1) is 35.7. The van der Waals surface area contributed by atoms with Gasteiger partial charge in [0.25, 0.3) is 0 Å². The summed E-state index contributed by atoms with van der Waals surface area (Å²) in [5.41, 5.74) is 16.6. The van der Waals surface area contributed by atoms with E-state index in [9.17, 15) is 0 Å². The first-order chi connectivity index (χ1) is 25.9. The van der Waals surface area contributed by atoms with E-state index in [1.54, 1.807) is 0 Å². The Labute approximate surface area is 329 Å². The Bertz CT molecular complexity index is 2840. The molecule has 0 bridgehead atoms. The van der Waals surface area contributed by atoms with Crippen molar-refractivity contribution < 1.29 is 0 Å². The summed E-state index contributed by atoms with van der Waals surface area (Å²) in [7, 11) is 0. The van der Waals surface area contributed by atoms with Gasteiger partial charge in [0.1, 0.15) is 0 Å². The van der Waals surface area contributed by atoms with Crippen LogP contribution in [-0.4, -0.2) is 0 Å². The molecule has 0 amide bonds. The Balaban J connectivity index is 1.23. The number of hydrogen-bond acceptors (Lipinski definition) is 0. The van der Waals surface area contributed by atoms with Crippen LogP contribution < -0.4 is 0 Å². The van der Waals surface area contributed by atoms with Crippen molar-refractivity contribution in [2.24, 2.45) is 0 Å². The Hall–Kier alpha value is -4.94. The van der Waals surface area contributed by atoms with Crippen LogP contribution in [0.5, 0.6) is 0 Å². The molecule has 0 aromatic heterocycles. The summed E-state index contributed by atoms with van der Waals surface area (Å²) in [4.78, 5) is 0. The fraction of sp³-hybridized carbons (Fsp3) is 0.309. The summed E-state index contributed by atoms with van der Waals surface area (Å²) in [6.45, 7) is 28.2. The van der Waals surface area contributed by atoms with Crippen molar-refractivity contribution in [3.05, 3.63) is 143 Å². The third-order valence-corrected chi connectivity index (χ3v) is 13.1. The van der Waals surface area contributed by atoms with Gasteiger partial charge in [-0.2, -0.15) is 0 Å². The molecule has 0 unspecified atom stereocenters. The molecule has 0 saturated carbocycles. The molecular formula is C55H56. The van der Waals surface area contributed by atoms with Gasteiger partial charge in [0.05, 0.1) is 0 Å². The molecule has 0 nitrogen and oxygen atoms in total. The molecule has 0 spiro atoms. The fourth-order valence-corrected chi connectivity index (χ4v) is 9.72. The van der Waals surface area contributed by atoms with Gasteiger partial charge >= 0.3 is 0 Å². The van der Waals surface area contributed by atoms with Crippen molar-refractivity contribution in [2.75, 3.05) is 0 Å². The minimum absolute atomic E-state index is 0.0306. The Morgan fingerprint density at radius 2 is 0.964 bits per heavy atom. The maximum atomic E-state index is 2.51. The van der Waals surface area contributed by atoms with Gasteiger partial charge in [-0.3, -0.25) is 0 Å². The molecule has 0 heteroatoms. The van der Waals surface area contributed by atoms with Gasteiger partial charge in [-0.1, -0.05) is 168 Å². The van der Waals surface area contributed by atoms with Crippen LogP contribution in [0, 0.1) is 0 Å². The maximum Gasteiger partial charge on any atom is 0.0159 e. The second-order valence-corrected chi connectivity index (χ2v) is 19.8. The zero-order valence-corrected chi connectivity index (χ0v) is 35.0. The highest BCUT2D eigenvalue weighted by molar-refractivity contribution is 6.27. The van der Waals surface area contributed by atoms with E-state index in [1.165, 1.54) is 110 Å². The van der Waals surface area contributed by atoms with Gasteiger partial charge in [-0.15, -0.1) is 0 Å². The molecule has 8 aromatic rings. The Kier molecular flexibility index (Phi) is 7.82. The highest BCUT2D eigenvalue weighted by Gasteiger charge is 2.39. The highest BCUT2D eigenvalue weighted by atomic mass is 14.4. The lowest BCUT2D eigenvalue weighted by atomic mass is 9.76. The van der Waals surface area contributed by atoms with Gasteiger partial charge in [0, 0.05) is 5.41 Å². The summed E-state index contributed by atoms with van der Waals surface area (Å²) < 4.78 is 0. The molecule has 0 radical (unpaired) electrons. The average molecular weight is 717 g/mol. The van der Waals surface area contributed by atoms with Crippen molar-refractivity contribution >= 4 is 43.1 Å². The van der Waals surface area contributed by atoms with Gasteiger partial charge in [-0.25, -0.2) is 0 Å². The van der Waals surface area contributed by atoms with E-state index < -0.39 is 0 Å². The van der Waals surface area contributed by atoms with Gasteiger partial charge < -0.3 is 0 Å². The molecule has 0 N–H and O–H groups in total. The molecule has 0 aliphatic heterocycles. The lowest BCUT2D eigenvalue weighted by molar-refractivity contribution is 0.580. The molecule has 0 fully saturated rings. The molecular weight excluding hydrogens is 661 g/mol. The molecule has 276 valence electrons. The summed E-state index contributed by atoms with van der Waals surface area (Å²) >= 11 is 0. The molecule has 0 saturated heterocycles. The third kappa shape index (κ3) is 5.46. The first-order valence-corrected chi connectivity index (χ1v) is 20.6. The largest absolute Gasteiger partial charge is 0.0587 e. The van der Waals surface area contributed by atoms with Gasteiger partial charge in [0.15, 0.2) is 0 Å². The van der Waals surface area contributed by atoms with Crippen LogP contribution in [0.15, 0.2) is 109 Å². The standard InChI is InChI=1S/C55H56/c1-31(2)40-20-17-33-18-21-42-45(32(3)4)30-46(43-24-23-41(40)50(33)52(42)43)36-15-13-35-26-37(16-14-34(35)25-36)47-27-39(54(8,9)10)29-49-51(47)44-22-19-38(53(5,6)7)28-48(44)55(49,11)12/h13-32H,1-12H3. The lowest BCUT2D eigenvalue weighted by Crippen LogP contribution is -2.19. The van der Waals surface area contributed by atoms with E-state index in [0.717, 1.165) is 0 Å². The van der Waals surface area contributed by atoms with Crippen LogP contribution in [0.1, 0.15) is 128 Å². The zero-order valence-electron chi connectivity index (χ0n) is 35.0. The van der Waals surface area contributed by atoms with Crippen LogP contribution >= 0.6 is 0 Å². The molecule has 8 aromatic carbocycles. The van der Waals surface area contributed by atoms with E-state index >= 15 is 0 Å². The molecule has 0 heterocycles. The molecule has 1 aliphatic rings. The van der Waals surface area contributed by atoms with Crippen molar-refractivity contribution in [1.82, 2.24) is 0 Å². The molecule has 9 rings (SSSR count). The van der Waals surface area contributed by atoms with E-state index in [0.29, 0.717) is 11.8 Å². The second-order valence-electron chi connectivity index (χ2n) is 19.8. The van der Waals surface area contributed by atoms with E-state index in [1.807, 2.05) is 0 Å². The molecule has 0 atom stereocenters. The Morgan fingerprint density at radius 3 is 1.60 bits per heavy atom. The number of benzene rings is 8. The monoisotopic (exact) mass is 716 g/mol. The summed E-state index contributed by atoms with van der Waals surface area (Å²) in [5.74, 6) is 0.884. The van der Waals surface area contributed by atoms with Crippen molar-refractivity contribution in [2.45, 2.75) is 111 Å². The minimum Gasteiger partial charge on any atom is -0.0587 e. The number of rotatable bonds is 4. The van der Waals surface area contributed by atoms with E-state index in [4.69, 9.17) is 0 Å². The first-order valence-electron chi connectivity index (χ1n) is 20.6. The second kappa shape index (κ2) is 12.0. The predicted octanol–water partition coefficient (Wildman–Crippen LogP) is 16.2. The van der Waals surface area contributed by atoms with Crippen molar-refractivity contribution in [1.29, 1.82) is 0 Å². The lowest BCUT2D eigenvalue weighted by Gasteiger charge is -2.27. The van der Waals surface area contributed by atoms with Crippen LogP contribution in [0.25, 0.3) is 76.5 Å². The van der Waals surface area contributed by atoms with Crippen molar-refractivity contribution in [3.63, 3.8) is 0 Å². The Morgan fingerprint density at radius 1 is 0.418 bits per heavy atom. The number of fused-ring (bicyclic) bond motifs is 4. The van der Waals surface area contributed by atoms with Crippen LogP contribution in [0.4, 0.5) is 0 Å². The van der Waals surface area contributed by atoms with Crippen LogP contribution in [-0.2, 0) is 16.2 Å². The van der Waals surface area contributed by atoms with Gasteiger partial charge in [0.2, 0.25) is 0 Å². The minimum atomic E-state index is -0.0838. The predicted molar refractivity (Wildman–Crippen MR) is 242 cm³/mol. The van der Waals surface area contributed by atoms with E-state index in [-0.39, 0.29) is 16.2 Å². The summed E-state index contributed by atoms with van der Waals surface area (Å²) in [5, 5.41) is 10.9. The van der Waals surface area contributed by atoms with Crippen LogP contribution in [0.2, 0.25) is 0 Å². The summed E-state index contributed by atoms with van der Waals surface area (Å²) in [6.07, 6.45) is 0. The molecule has 1 aliphatic carbocycles. The average Bonchev–Trinajstić information content (AvgIpc) is 3.37. The van der Waals surface area contributed by atoms with Crippen molar-refractivity contribution in [3.8, 4) is 33.4 Å². The van der Waals surface area contributed by atoms with Crippen LogP contribution in [0.3, 0.4) is 0 Å². The zero-order chi connectivity index (χ0) is 38.9. The van der Waals surface area contributed by atoms with E-state index in [2.05, 4.69) is 192 Å². The highest BCUT2D eigenvalue weighted by Crippen LogP contribution is 2.54. The number of hydrogen-bond donors (Lipinski definition) is 0. The fourth-order valence-electron chi connectivity index (χ4n) is 9.72. The quantitative estimate of drug-likeness (QED) is 0.159. The van der Waals surface area contributed by atoms with Gasteiger partial charge in [-0.05, 0) is 157 Å². The third-order valence-electron chi connectivity index (χ3n) is 13.1. The molecule has 55 heavy (non-hydrogen) atoms. The SMILES string of the molecule is CC(C)c1ccc2ccc3c(C(C)C)cc(-c4ccc5cc(-c6cc(C(C)(C)C)cc7c6-c6ccc(C(C)(C)C)cc6C7(C)C)ccc5c4)c4ccc1c2c43. The normalized spacial score (nSPS) is 14.3. The smallest absolute Gasteiger partial charge is 0.0159 e. The summed E-state index contributed by atoms with van der Waals surface area (Å²) in [6, 6.07) is 43.2.